The van der Waals surface area contributed by atoms with Gasteiger partial charge in [0.05, 0.1) is 11.8 Å². The van der Waals surface area contributed by atoms with Crippen molar-refractivity contribution in [2.75, 3.05) is 6.54 Å². The molecule has 4 aromatic rings. The number of ether oxygens (including phenoxy) is 1. The number of likely N-dealkylation sites (tertiary alicyclic amines) is 1. The summed E-state index contributed by atoms with van der Waals surface area (Å²) in [7, 11) is -3.91. The number of furan rings is 1. The molecule has 2 N–H and O–H groups in total. The van der Waals surface area contributed by atoms with Gasteiger partial charge in [-0.1, -0.05) is 77.4 Å². The van der Waals surface area contributed by atoms with Crippen molar-refractivity contribution in [3.05, 3.63) is 60.1 Å². The third-order valence-corrected chi connectivity index (χ3v) is 13.6. The summed E-state index contributed by atoms with van der Waals surface area (Å²) in [6.07, 6.45) is 2.88. The van der Waals surface area contributed by atoms with Crippen molar-refractivity contribution in [1.82, 2.24) is 19.9 Å². The van der Waals surface area contributed by atoms with E-state index in [1.54, 1.807) is 18.2 Å². The molecule has 7 rings (SSSR count). The van der Waals surface area contributed by atoms with Gasteiger partial charge in [-0.2, -0.15) is 0 Å². The normalized spacial score (nSPS) is 23.1. The topological polar surface area (TPSA) is 165 Å². The van der Waals surface area contributed by atoms with Crippen LogP contribution in [-0.4, -0.2) is 71.3 Å². The molecule has 0 bridgehead atoms. The molecule has 2 aromatic heterocycles. The minimum absolute atomic E-state index is 0.00231. The molecular formula is C43H51ClN4O8S. The number of pyridine rings is 1. The van der Waals surface area contributed by atoms with E-state index in [1.807, 2.05) is 45.0 Å². The lowest BCUT2D eigenvalue weighted by atomic mass is 9.76. The summed E-state index contributed by atoms with van der Waals surface area (Å²) in [5.41, 5.74) is -0.557. The fraction of sp³-hybridized carbons (Fsp3) is 0.512. The first-order valence-corrected chi connectivity index (χ1v) is 21.5. The number of sulfonamides is 1. The average molecular weight is 819 g/mol. The number of nitrogens with zero attached hydrogens (tertiary/aromatic N) is 2. The van der Waals surface area contributed by atoms with Crippen LogP contribution in [0.4, 0.5) is 0 Å². The van der Waals surface area contributed by atoms with Crippen LogP contribution in [0.2, 0.25) is 5.02 Å². The number of carbonyl (C=O) groups is 4. The third kappa shape index (κ3) is 8.28. The predicted octanol–water partition coefficient (Wildman–Crippen LogP) is 7.25. The quantitative estimate of drug-likeness (QED) is 0.132. The van der Waals surface area contributed by atoms with E-state index in [4.69, 9.17) is 25.7 Å². The summed E-state index contributed by atoms with van der Waals surface area (Å²) in [6, 6.07) is 11.7. The van der Waals surface area contributed by atoms with Crippen LogP contribution in [-0.2, 0) is 29.2 Å². The van der Waals surface area contributed by atoms with Crippen molar-refractivity contribution in [2.45, 2.75) is 109 Å². The highest BCUT2D eigenvalue weighted by Crippen LogP contribution is 2.46. The first-order valence-electron chi connectivity index (χ1n) is 19.6. The van der Waals surface area contributed by atoms with E-state index in [1.165, 1.54) is 11.0 Å². The number of nitrogens with one attached hydrogen (secondary N) is 2. The molecule has 3 aliphatic rings. The second kappa shape index (κ2) is 14.7. The number of benzene rings is 2. The van der Waals surface area contributed by atoms with Gasteiger partial charge in [0, 0.05) is 52.3 Å². The van der Waals surface area contributed by atoms with Crippen LogP contribution >= 0.6 is 11.6 Å². The molecule has 304 valence electrons. The maximum atomic E-state index is 14.8. The van der Waals surface area contributed by atoms with Crippen molar-refractivity contribution in [3.8, 4) is 5.88 Å². The highest BCUT2D eigenvalue weighted by Gasteiger charge is 2.62. The van der Waals surface area contributed by atoms with E-state index in [9.17, 15) is 27.6 Å². The summed E-state index contributed by atoms with van der Waals surface area (Å²) < 4.78 is 40.7. The summed E-state index contributed by atoms with van der Waals surface area (Å²) in [4.78, 5) is 62.7. The maximum absolute atomic E-state index is 14.8. The molecular weight excluding hydrogens is 768 g/mol. The molecule has 2 aliphatic carbocycles. The first-order chi connectivity index (χ1) is 26.7. The van der Waals surface area contributed by atoms with Gasteiger partial charge in [0.1, 0.15) is 34.6 Å². The summed E-state index contributed by atoms with van der Waals surface area (Å²) in [5, 5.41) is 4.84. The van der Waals surface area contributed by atoms with Crippen LogP contribution in [0.15, 0.2) is 59.5 Å². The Kier molecular flexibility index (Phi) is 10.5. The first kappa shape index (κ1) is 40.7. The van der Waals surface area contributed by atoms with Crippen LogP contribution in [0.1, 0.15) is 86.5 Å². The largest absolute Gasteiger partial charge is 0.472 e. The van der Waals surface area contributed by atoms with Crippen molar-refractivity contribution >= 4 is 78.0 Å². The zero-order valence-corrected chi connectivity index (χ0v) is 34.9. The Morgan fingerprint density at radius 3 is 2.40 bits per heavy atom. The lowest BCUT2D eigenvalue weighted by Crippen LogP contribution is -2.57. The van der Waals surface area contributed by atoms with E-state index >= 15 is 0 Å². The van der Waals surface area contributed by atoms with E-state index in [2.05, 4.69) is 37.4 Å². The second-order valence-corrected chi connectivity index (χ2v) is 20.7. The van der Waals surface area contributed by atoms with E-state index in [0.717, 1.165) is 5.39 Å². The number of fused-ring (bicyclic) bond motifs is 5. The Hall–Kier alpha value is -4.49. The number of aromatic nitrogens is 1. The van der Waals surface area contributed by atoms with Crippen LogP contribution in [0.25, 0.3) is 32.8 Å². The Bertz CT molecular complexity index is 2410. The number of hydrogen-bond donors (Lipinski definition) is 2. The van der Waals surface area contributed by atoms with E-state index < -0.39 is 62.0 Å². The Labute approximate surface area is 338 Å². The summed E-state index contributed by atoms with van der Waals surface area (Å²) in [5.74, 6) is -2.89. The molecule has 0 unspecified atom stereocenters. The highest BCUT2D eigenvalue weighted by atomic mass is 35.5. The second-order valence-electron chi connectivity index (χ2n) is 18.3. The van der Waals surface area contributed by atoms with Crippen molar-refractivity contribution in [1.29, 1.82) is 0 Å². The van der Waals surface area contributed by atoms with Crippen LogP contribution < -0.4 is 14.8 Å². The molecule has 5 atom stereocenters. The van der Waals surface area contributed by atoms with Crippen LogP contribution in [0, 0.1) is 22.7 Å². The molecule has 2 saturated carbocycles. The molecule has 0 radical (unpaired) electrons. The number of amides is 3. The highest BCUT2D eigenvalue weighted by molar-refractivity contribution is 7.91. The van der Waals surface area contributed by atoms with Gasteiger partial charge in [-0.15, -0.1) is 6.58 Å². The van der Waals surface area contributed by atoms with Gasteiger partial charge in [0.2, 0.25) is 27.7 Å². The zero-order chi connectivity index (χ0) is 41.2. The minimum Gasteiger partial charge on any atom is -0.472 e. The van der Waals surface area contributed by atoms with Gasteiger partial charge < -0.3 is 19.4 Å². The average Bonchev–Trinajstić information content (AvgIpc) is 4.04. The predicted molar refractivity (Wildman–Crippen MR) is 219 cm³/mol. The molecule has 14 heteroatoms. The smallest absolute Gasteiger partial charge is 0.259 e. The molecule has 3 heterocycles. The van der Waals surface area contributed by atoms with E-state index in [-0.39, 0.29) is 48.8 Å². The van der Waals surface area contributed by atoms with Gasteiger partial charge in [-0.3, -0.25) is 23.9 Å². The van der Waals surface area contributed by atoms with Gasteiger partial charge in [0.25, 0.3) is 5.91 Å². The van der Waals surface area contributed by atoms with Gasteiger partial charge in [0.15, 0.2) is 5.58 Å². The molecule has 0 spiro atoms. The number of carbonyl (C=O) groups excluding carboxylic acids is 4. The van der Waals surface area contributed by atoms with Crippen molar-refractivity contribution in [3.63, 3.8) is 0 Å². The van der Waals surface area contributed by atoms with Crippen molar-refractivity contribution in [2.24, 2.45) is 22.7 Å². The number of hydrogen-bond acceptors (Lipinski definition) is 9. The number of halogens is 1. The molecule has 1 saturated heterocycles. The number of Topliss-reactive ketones (excluding diaryl/α,β-unsaturated/α-hetero) is 1. The SMILES string of the molecule is C=C[C@@H]1C[C@]1(NC(=O)[C@@H]1C[C@@H](Oc2nc3c4cc(Cl)ccc4oc3c3ccccc23)CN1C(=O)[C@@H](CC(=O)CCC(C)(C)C)C(C)(C)C)C(=O)NS(=O)(=O)C1CC1. The molecule has 1 aliphatic heterocycles. The van der Waals surface area contributed by atoms with Crippen molar-refractivity contribution < 1.29 is 36.7 Å². The molecule has 12 nitrogen and oxygen atoms in total. The fourth-order valence-corrected chi connectivity index (χ4v) is 9.37. The summed E-state index contributed by atoms with van der Waals surface area (Å²) in [6.45, 7) is 15.7. The Balaban J connectivity index is 1.22. The minimum atomic E-state index is -3.91. The number of rotatable bonds is 13. The lowest BCUT2D eigenvalue weighted by Gasteiger charge is -2.35. The molecule has 2 aromatic carbocycles. The Morgan fingerprint density at radius 2 is 1.77 bits per heavy atom. The monoisotopic (exact) mass is 818 g/mol. The standard InChI is InChI=1S/C43H51ClN4O8S/c1-8-24-22-43(24,40(52)47-57(53,54)28-14-15-28)46-37(50)33-21-27(23-48(33)39(51)32(42(5,6)7)20-26(49)17-18-41(2,3)4)55-38-30-12-10-9-11-29(30)36-35(45-38)31-19-25(44)13-16-34(31)56-36/h8-13,16,19,24,27-28,32-33H,1,14-15,17-18,20-23H2,2-7H3,(H,46,50)(H,47,52)/t24-,27-,32-,33+,43-/m1/s1. The van der Waals surface area contributed by atoms with Crippen LogP contribution in [0.3, 0.4) is 0 Å². The number of ketones is 1. The summed E-state index contributed by atoms with van der Waals surface area (Å²) >= 11 is 6.37. The molecule has 57 heavy (non-hydrogen) atoms. The van der Waals surface area contributed by atoms with Gasteiger partial charge >= 0.3 is 0 Å². The zero-order valence-electron chi connectivity index (χ0n) is 33.3. The van der Waals surface area contributed by atoms with Crippen LogP contribution in [0.5, 0.6) is 5.88 Å². The lowest BCUT2D eigenvalue weighted by molar-refractivity contribution is -0.146. The molecule has 3 amide bonds. The van der Waals surface area contributed by atoms with Gasteiger partial charge in [-0.25, -0.2) is 13.4 Å². The fourth-order valence-electron chi connectivity index (χ4n) is 7.83. The Morgan fingerprint density at radius 1 is 1.07 bits per heavy atom. The molecule has 3 fully saturated rings. The maximum Gasteiger partial charge on any atom is 0.259 e. The van der Waals surface area contributed by atoms with E-state index in [0.29, 0.717) is 58.2 Å². The van der Waals surface area contributed by atoms with Gasteiger partial charge in [-0.05, 0) is 60.8 Å². The third-order valence-electron chi connectivity index (χ3n) is 11.5.